The quantitative estimate of drug-likeness (QED) is 0.313. The molecule has 2 aromatic heterocycles. The number of nitrogens with one attached hydrogen (secondary N) is 1. The van der Waals surface area contributed by atoms with E-state index in [1.165, 1.54) is 6.07 Å². The molecule has 0 spiro atoms. The van der Waals surface area contributed by atoms with Crippen LogP contribution in [0.25, 0.3) is 39.1 Å². The molecule has 1 N–H and O–H groups in total. The summed E-state index contributed by atoms with van der Waals surface area (Å²) in [7, 11) is 0. The molecule has 4 saturated heterocycles. The number of hydrogen-bond donors (Lipinski definition) is 1. The highest BCUT2D eigenvalue weighted by molar-refractivity contribution is 6.03. The number of benzene rings is 2. The van der Waals surface area contributed by atoms with Crippen LogP contribution in [0.3, 0.4) is 0 Å². The predicted molar refractivity (Wildman–Crippen MR) is 167 cm³/mol. The minimum atomic E-state index is -0.862. The van der Waals surface area contributed by atoms with Crippen molar-refractivity contribution in [2.75, 3.05) is 31.1 Å². The molecule has 0 saturated carbocycles. The number of pyridine rings is 1. The van der Waals surface area contributed by atoms with Crippen molar-refractivity contribution in [1.29, 1.82) is 0 Å². The summed E-state index contributed by atoms with van der Waals surface area (Å²) < 4.78 is 52.5. The van der Waals surface area contributed by atoms with E-state index in [4.69, 9.17) is 26.1 Å². The number of rotatable bonds is 3. The molecule has 4 fully saturated rings. The molecule has 9 rings (SSSR count). The van der Waals surface area contributed by atoms with Crippen LogP contribution in [0.4, 0.5) is 19.0 Å². The smallest absolute Gasteiger partial charge is 0.192 e. The molecular formula is C35H31F3N6O. The first-order valence-electron chi connectivity index (χ1n) is 15.8. The maximum absolute atomic E-state index is 16.8. The zero-order valence-electron chi connectivity index (χ0n) is 24.6. The van der Waals surface area contributed by atoms with Crippen LogP contribution >= 0.6 is 0 Å². The van der Waals surface area contributed by atoms with E-state index in [9.17, 15) is 8.78 Å². The molecule has 228 valence electrons. The lowest BCUT2D eigenvalue weighted by Crippen LogP contribution is -2.60. The van der Waals surface area contributed by atoms with Gasteiger partial charge in [0.1, 0.15) is 35.5 Å². The van der Waals surface area contributed by atoms with Crippen molar-refractivity contribution in [2.24, 2.45) is 0 Å². The monoisotopic (exact) mass is 608 g/mol. The highest BCUT2D eigenvalue weighted by Gasteiger charge is 2.47. The van der Waals surface area contributed by atoms with Gasteiger partial charge in [-0.15, -0.1) is 6.42 Å². The number of ether oxygens (including phenoxy) is 1. The van der Waals surface area contributed by atoms with E-state index in [0.717, 1.165) is 32.2 Å². The Morgan fingerprint density at radius 2 is 2.00 bits per heavy atom. The minimum Gasteiger partial charge on any atom is -0.487 e. The Labute approximate surface area is 258 Å². The van der Waals surface area contributed by atoms with Crippen molar-refractivity contribution in [2.45, 2.75) is 61.9 Å². The maximum Gasteiger partial charge on any atom is 0.192 e. The zero-order valence-corrected chi connectivity index (χ0v) is 24.6. The fraction of sp³-hybridized carbons (Fsp3) is 0.400. The SMILES string of the molecule is C#Cc1c(F)ccc2cccc(-c3nc4nc(/C=C/[C@@]56CCCN5C[C@H](F)C6)nc5c4c(c3F)OCC3C4CCC(CN53)N4)c12. The van der Waals surface area contributed by atoms with E-state index in [1.807, 2.05) is 12.1 Å². The van der Waals surface area contributed by atoms with Gasteiger partial charge in [0.25, 0.3) is 0 Å². The second-order valence-electron chi connectivity index (χ2n) is 13.0. The van der Waals surface area contributed by atoms with Crippen molar-refractivity contribution in [1.82, 2.24) is 25.2 Å². The van der Waals surface area contributed by atoms with Crippen molar-refractivity contribution in [3.8, 4) is 29.4 Å². The molecule has 0 amide bonds. The first kappa shape index (κ1) is 27.1. The highest BCUT2D eigenvalue weighted by atomic mass is 19.1. The van der Waals surface area contributed by atoms with Crippen molar-refractivity contribution >= 4 is 33.7 Å². The summed E-state index contributed by atoms with van der Waals surface area (Å²) >= 11 is 0. The lowest BCUT2D eigenvalue weighted by molar-refractivity contribution is 0.237. The lowest BCUT2D eigenvalue weighted by Gasteiger charge is -2.40. The van der Waals surface area contributed by atoms with Gasteiger partial charge in [0.2, 0.25) is 0 Å². The third kappa shape index (κ3) is 4.03. The van der Waals surface area contributed by atoms with E-state index >= 15 is 4.39 Å². The van der Waals surface area contributed by atoms with Crippen LogP contribution in [-0.2, 0) is 0 Å². The van der Waals surface area contributed by atoms with Crippen LogP contribution in [0, 0.1) is 24.0 Å². The number of fused-ring (bicyclic) bond motifs is 7. The summed E-state index contributed by atoms with van der Waals surface area (Å²) in [5.41, 5.74) is 0.325. The van der Waals surface area contributed by atoms with Gasteiger partial charge in [-0.2, -0.15) is 0 Å². The molecule has 5 atom stereocenters. The molecule has 3 unspecified atom stereocenters. The fourth-order valence-electron chi connectivity index (χ4n) is 8.54. The van der Waals surface area contributed by atoms with Gasteiger partial charge in [-0.1, -0.05) is 36.3 Å². The summed E-state index contributed by atoms with van der Waals surface area (Å²) in [4.78, 5) is 19.1. The number of hydrogen-bond acceptors (Lipinski definition) is 7. The van der Waals surface area contributed by atoms with Gasteiger partial charge in [0, 0.05) is 48.1 Å². The van der Waals surface area contributed by atoms with Crippen molar-refractivity contribution in [3.05, 3.63) is 59.4 Å². The van der Waals surface area contributed by atoms with E-state index in [-0.39, 0.29) is 46.9 Å². The molecule has 10 heteroatoms. The van der Waals surface area contributed by atoms with Crippen LogP contribution in [0.5, 0.6) is 5.75 Å². The number of piperazine rings is 1. The Kier molecular flexibility index (Phi) is 5.97. The molecule has 4 aromatic rings. The molecule has 2 aromatic carbocycles. The lowest BCUT2D eigenvalue weighted by atomic mass is 9.93. The first-order valence-corrected chi connectivity index (χ1v) is 15.8. The van der Waals surface area contributed by atoms with Crippen LogP contribution in [0.15, 0.2) is 36.4 Å². The molecule has 45 heavy (non-hydrogen) atoms. The summed E-state index contributed by atoms with van der Waals surface area (Å²) in [6, 6.07) is 8.64. The standard InChI is InChI=1S/C35H31F3N6O/c1-2-22-24(37)9-7-19-5-3-6-23(28(19)22)31-30(38)32-29-33(42-31)40-27(11-13-35-12-4-14-43(35)16-20(36)15-35)41-34(29)44-17-21-8-10-25(39-21)26(44)18-45-32/h1,3,5-7,9,11,13,20-21,25-26,39H,4,8,10,12,14-18H2/b13-11+/t20-,21?,25?,26?,35-/m1/s1. The Balaban J connectivity index is 1.27. The number of halogens is 3. The van der Waals surface area contributed by atoms with Crippen LogP contribution < -0.4 is 15.0 Å². The van der Waals surface area contributed by atoms with Gasteiger partial charge in [0.15, 0.2) is 23.0 Å². The minimum absolute atomic E-state index is 0.0130. The molecule has 0 aliphatic carbocycles. The van der Waals surface area contributed by atoms with Crippen LogP contribution in [0.2, 0.25) is 0 Å². The number of nitrogens with zero attached hydrogens (tertiary/aromatic N) is 5. The number of terminal acetylenes is 1. The highest BCUT2D eigenvalue weighted by Crippen LogP contribution is 2.45. The Bertz CT molecular complexity index is 1980. The second-order valence-corrected chi connectivity index (χ2v) is 13.0. The van der Waals surface area contributed by atoms with Gasteiger partial charge < -0.3 is 15.0 Å². The molecular weight excluding hydrogens is 577 g/mol. The third-order valence-electron chi connectivity index (χ3n) is 10.6. The van der Waals surface area contributed by atoms with Crippen molar-refractivity contribution in [3.63, 3.8) is 0 Å². The molecule has 5 aliphatic heterocycles. The summed E-state index contributed by atoms with van der Waals surface area (Å²) in [5, 5.41) is 5.19. The summed E-state index contributed by atoms with van der Waals surface area (Å²) in [6.07, 6.45) is 13.2. The third-order valence-corrected chi connectivity index (χ3v) is 10.6. The fourth-order valence-corrected chi connectivity index (χ4v) is 8.54. The predicted octanol–water partition coefficient (Wildman–Crippen LogP) is 5.40. The van der Waals surface area contributed by atoms with Gasteiger partial charge in [-0.3, -0.25) is 4.90 Å². The van der Waals surface area contributed by atoms with E-state index < -0.39 is 17.8 Å². The summed E-state index contributed by atoms with van der Waals surface area (Å²) in [6.45, 7) is 2.28. The largest absolute Gasteiger partial charge is 0.487 e. The molecule has 5 aliphatic rings. The van der Waals surface area contributed by atoms with Gasteiger partial charge in [-0.05, 0) is 49.8 Å². The number of aromatic nitrogens is 3. The molecule has 0 radical (unpaired) electrons. The normalized spacial score (nSPS) is 28.8. The Morgan fingerprint density at radius 3 is 2.89 bits per heavy atom. The Hall–Kier alpha value is -4.20. The Morgan fingerprint density at radius 1 is 1.09 bits per heavy atom. The average molecular weight is 609 g/mol. The average Bonchev–Trinajstić information content (AvgIpc) is 3.67. The topological polar surface area (TPSA) is 66.4 Å². The van der Waals surface area contributed by atoms with E-state index in [1.54, 1.807) is 18.2 Å². The second kappa shape index (κ2) is 9.90. The molecule has 7 heterocycles. The first-order chi connectivity index (χ1) is 21.9. The van der Waals surface area contributed by atoms with Crippen LogP contribution in [0.1, 0.15) is 43.5 Å². The van der Waals surface area contributed by atoms with E-state index in [0.29, 0.717) is 58.9 Å². The molecule has 7 nitrogen and oxygen atoms in total. The van der Waals surface area contributed by atoms with Crippen LogP contribution in [-0.4, -0.2) is 75.9 Å². The van der Waals surface area contributed by atoms with Gasteiger partial charge >= 0.3 is 0 Å². The zero-order chi connectivity index (χ0) is 30.4. The number of anilines is 1. The van der Waals surface area contributed by atoms with E-state index in [2.05, 4.69) is 27.1 Å². The number of alkyl halides is 1. The van der Waals surface area contributed by atoms with Gasteiger partial charge in [0.05, 0.1) is 11.6 Å². The maximum atomic E-state index is 16.8. The van der Waals surface area contributed by atoms with Gasteiger partial charge in [-0.25, -0.2) is 28.1 Å². The molecule has 2 bridgehead atoms. The summed E-state index contributed by atoms with van der Waals surface area (Å²) in [5.74, 6) is 2.29. The van der Waals surface area contributed by atoms with Crippen molar-refractivity contribution < 1.29 is 17.9 Å².